The van der Waals surface area contributed by atoms with E-state index in [2.05, 4.69) is 12.2 Å². The largest absolute Gasteiger partial charge is 0.466 e. The summed E-state index contributed by atoms with van der Waals surface area (Å²) in [6.07, 6.45) is 8.11. The monoisotopic (exact) mass is 421 g/mol. The van der Waals surface area contributed by atoms with Crippen LogP contribution >= 0.6 is 0 Å². The lowest BCUT2D eigenvalue weighted by molar-refractivity contribution is -0.145. The number of ether oxygens (including phenoxy) is 1. The van der Waals surface area contributed by atoms with Crippen LogP contribution < -0.4 is 5.32 Å². The van der Waals surface area contributed by atoms with Crippen molar-refractivity contribution in [3.63, 3.8) is 0 Å². The summed E-state index contributed by atoms with van der Waals surface area (Å²) in [5, 5.41) is 3.40. The number of nitrogens with zero attached hydrogens (tertiary/aromatic N) is 2. The van der Waals surface area contributed by atoms with Gasteiger partial charge >= 0.3 is 5.97 Å². The summed E-state index contributed by atoms with van der Waals surface area (Å²) in [6.45, 7) is 7.72. The van der Waals surface area contributed by atoms with Crippen LogP contribution in [-0.4, -0.2) is 72.5 Å². The summed E-state index contributed by atoms with van der Waals surface area (Å²) >= 11 is 0. The maximum absolute atomic E-state index is 12.8. The summed E-state index contributed by atoms with van der Waals surface area (Å²) < 4.78 is 5.13. The predicted molar refractivity (Wildman–Crippen MR) is 115 cm³/mol. The van der Waals surface area contributed by atoms with E-state index in [1.807, 2.05) is 16.7 Å². The van der Waals surface area contributed by atoms with Crippen molar-refractivity contribution in [2.24, 2.45) is 11.8 Å². The molecule has 2 amide bonds. The molecule has 0 aromatic heterocycles. The van der Waals surface area contributed by atoms with Crippen LogP contribution in [0.5, 0.6) is 0 Å². The molecule has 1 atom stereocenters. The summed E-state index contributed by atoms with van der Waals surface area (Å²) in [6, 6.07) is 0. The van der Waals surface area contributed by atoms with Gasteiger partial charge < -0.3 is 19.9 Å². The number of esters is 1. The van der Waals surface area contributed by atoms with Gasteiger partial charge in [0.2, 0.25) is 11.8 Å². The number of carbonyl (C=O) groups is 3. The van der Waals surface area contributed by atoms with Gasteiger partial charge in [0.15, 0.2) is 0 Å². The molecule has 2 aliphatic heterocycles. The number of rotatable bonds is 7. The van der Waals surface area contributed by atoms with Crippen LogP contribution in [0.25, 0.3) is 0 Å². The fourth-order valence-corrected chi connectivity index (χ4v) is 5.35. The van der Waals surface area contributed by atoms with Crippen molar-refractivity contribution in [2.75, 3.05) is 39.3 Å². The van der Waals surface area contributed by atoms with Gasteiger partial charge in [-0.25, -0.2) is 0 Å². The second kappa shape index (κ2) is 10.6. The van der Waals surface area contributed by atoms with E-state index < -0.39 is 0 Å². The Hall–Kier alpha value is -1.63. The molecule has 0 radical (unpaired) electrons. The summed E-state index contributed by atoms with van der Waals surface area (Å²) in [5.74, 6) is 0.810. The Bertz CT molecular complexity index is 610. The number of piperidine rings is 2. The smallest absolute Gasteiger partial charge is 0.307 e. The standard InChI is InChI=1S/C23H39N3O4/c1-3-30-21(28)15-23(10-4-5-11-23)24-16-20(27)25-13-8-19(9-14-25)22(29)26-12-6-7-18(2)17-26/h18-19,24H,3-17H2,1-2H3. The van der Waals surface area contributed by atoms with E-state index in [1.165, 1.54) is 6.42 Å². The molecule has 7 heteroatoms. The third kappa shape index (κ3) is 5.96. The maximum atomic E-state index is 12.8. The van der Waals surface area contributed by atoms with Gasteiger partial charge in [0.1, 0.15) is 0 Å². The van der Waals surface area contributed by atoms with E-state index >= 15 is 0 Å². The van der Waals surface area contributed by atoms with Crippen molar-refractivity contribution in [1.82, 2.24) is 15.1 Å². The van der Waals surface area contributed by atoms with E-state index in [9.17, 15) is 14.4 Å². The van der Waals surface area contributed by atoms with Gasteiger partial charge in [-0.05, 0) is 51.4 Å². The Labute approximate surface area is 180 Å². The summed E-state index contributed by atoms with van der Waals surface area (Å²) in [5.41, 5.74) is -0.304. The van der Waals surface area contributed by atoms with Crippen molar-refractivity contribution < 1.29 is 19.1 Å². The van der Waals surface area contributed by atoms with Crippen molar-refractivity contribution >= 4 is 17.8 Å². The topological polar surface area (TPSA) is 79.0 Å². The highest BCUT2D eigenvalue weighted by molar-refractivity contribution is 5.81. The first-order valence-corrected chi connectivity index (χ1v) is 11.9. The minimum atomic E-state index is -0.304. The fraction of sp³-hybridized carbons (Fsp3) is 0.870. The molecule has 3 aliphatic rings. The third-order valence-corrected chi connectivity index (χ3v) is 7.13. The van der Waals surface area contributed by atoms with E-state index in [-0.39, 0.29) is 35.8 Å². The zero-order valence-corrected chi connectivity index (χ0v) is 18.8. The first-order valence-electron chi connectivity index (χ1n) is 11.9. The van der Waals surface area contributed by atoms with Crippen LogP contribution in [-0.2, 0) is 19.1 Å². The predicted octanol–water partition coefficient (Wildman–Crippen LogP) is 2.34. The second-order valence-corrected chi connectivity index (χ2v) is 9.51. The zero-order valence-electron chi connectivity index (χ0n) is 18.8. The maximum Gasteiger partial charge on any atom is 0.307 e. The molecule has 3 rings (SSSR count). The molecule has 170 valence electrons. The molecule has 0 spiro atoms. The highest BCUT2D eigenvalue weighted by Gasteiger charge is 2.37. The van der Waals surface area contributed by atoms with Crippen LogP contribution in [0.1, 0.15) is 71.6 Å². The van der Waals surface area contributed by atoms with Gasteiger partial charge in [0.05, 0.1) is 19.6 Å². The number of amides is 2. The molecular formula is C23H39N3O4. The molecule has 2 heterocycles. The molecule has 3 fully saturated rings. The van der Waals surface area contributed by atoms with E-state index in [1.54, 1.807) is 0 Å². The number of hydrogen-bond donors (Lipinski definition) is 1. The second-order valence-electron chi connectivity index (χ2n) is 9.51. The quantitative estimate of drug-likeness (QED) is 0.639. The van der Waals surface area contributed by atoms with E-state index in [0.717, 1.165) is 58.0 Å². The highest BCUT2D eigenvalue weighted by atomic mass is 16.5. The Morgan fingerprint density at radius 2 is 1.70 bits per heavy atom. The number of likely N-dealkylation sites (tertiary alicyclic amines) is 2. The van der Waals surface area contributed by atoms with Gasteiger partial charge in [-0.15, -0.1) is 0 Å². The molecule has 1 N–H and O–H groups in total. The Balaban J connectivity index is 1.44. The van der Waals surface area contributed by atoms with Crippen LogP contribution in [0.15, 0.2) is 0 Å². The van der Waals surface area contributed by atoms with Crippen molar-refractivity contribution in [2.45, 2.75) is 77.2 Å². The lowest BCUT2D eigenvalue weighted by Crippen LogP contribution is -2.52. The number of hydrogen-bond acceptors (Lipinski definition) is 5. The van der Waals surface area contributed by atoms with Gasteiger partial charge in [-0.3, -0.25) is 14.4 Å². The van der Waals surface area contributed by atoms with Crippen LogP contribution in [0.4, 0.5) is 0 Å². The van der Waals surface area contributed by atoms with Gasteiger partial charge in [0.25, 0.3) is 0 Å². The molecule has 1 aliphatic carbocycles. The number of nitrogens with one attached hydrogen (secondary N) is 1. The molecule has 0 aromatic carbocycles. The van der Waals surface area contributed by atoms with E-state index in [4.69, 9.17) is 4.74 Å². The molecule has 1 saturated carbocycles. The fourth-order valence-electron chi connectivity index (χ4n) is 5.35. The van der Waals surface area contributed by atoms with Crippen LogP contribution in [0, 0.1) is 11.8 Å². The molecule has 30 heavy (non-hydrogen) atoms. The normalized spacial score (nSPS) is 24.7. The van der Waals surface area contributed by atoms with Crippen molar-refractivity contribution in [3.8, 4) is 0 Å². The van der Waals surface area contributed by atoms with Gasteiger partial charge in [0, 0.05) is 37.6 Å². The van der Waals surface area contributed by atoms with Gasteiger partial charge in [-0.2, -0.15) is 0 Å². The first-order chi connectivity index (χ1) is 14.4. The molecule has 0 aromatic rings. The summed E-state index contributed by atoms with van der Waals surface area (Å²) in [4.78, 5) is 41.5. The summed E-state index contributed by atoms with van der Waals surface area (Å²) in [7, 11) is 0. The lowest BCUT2D eigenvalue weighted by Gasteiger charge is -2.37. The zero-order chi connectivity index (χ0) is 21.6. The number of carbonyl (C=O) groups excluding carboxylic acids is 3. The molecule has 1 unspecified atom stereocenters. The Kier molecular flexibility index (Phi) is 8.14. The SMILES string of the molecule is CCOC(=O)CC1(NCC(=O)N2CCC(C(=O)N3CCCC(C)C3)CC2)CCCC1. The Morgan fingerprint density at radius 3 is 2.33 bits per heavy atom. The molecular weight excluding hydrogens is 382 g/mol. The van der Waals surface area contributed by atoms with Crippen LogP contribution in [0.3, 0.4) is 0 Å². The minimum Gasteiger partial charge on any atom is -0.466 e. The van der Waals surface area contributed by atoms with E-state index in [0.29, 0.717) is 32.0 Å². The van der Waals surface area contributed by atoms with Crippen LogP contribution in [0.2, 0.25) is 0 Å². The minimum absolute atomic E-state index is 0.0531. The van der Waals surface area contributed by atoms with Crippen molar-refractivity contribution in [1.29, 1.82) is 0 Å². The van der Waals surface area contributed by atoms with Crippen molar-refractivity contribution in [3.05, 3.63) is 0 Å². The highest BCUT2D eigenvalue weighted by Crippen LogP contribution is 2.33. The molecule has 2 saturated heterocycles. The lowest BCUT2D eigenvalue weighted by atomic mass is 9.92. The average molecular weight is 422 g/mol. The average Bonchev–Trinajstić information content (AvgIpc) is 3.20. The van der Waals surface area contributed by atoms with Gasteiger partial charge in [-0.1, -0.05) is 19.8 Å². The Morgan fingerprint density at radius 1 is 1.00 bits per heavy atom. The molecule has 7 nitrogen and oxygen atoms in total. The third-order valence-electron chi connectivity index (χ3n) is 7.13. The molecule has 0 bridgehead atoms. The first kappa shape index (κ1) is 23.0.